The summed E-state index contributed by atoms with van der Waals surface area (Å²) in [6.07, 6.45) is 0. The maximum Gasteiger partial charge on any atom is 0.250 e. The van der Waals surface area contributed by atoms with Gasteiger partial charge in [0.25, 0.3) is 5.69 Å². The molecular formula is C18H22N2O. The first kappa shape index (κ1) is 15.2. The molecule has 0 aliphatic rings. The first-order chi connectivity index (χ1) is 9.79. The van der Waals surface area contributed by atoms with E-state index in [1.54, 1.807) is 0 Å². The zero-order valence-corrected chi connectivity index (χ0v) is 13.6. The third-order valence-electron chi connectivity index (χ3n) is 3.65. The summed E-state index contributed by atoms with van der Waals surface area (Å²) in [6.45, 7) is 12.0. The number of hydrogen-bond acceptors (Lipinski definition) is 2. The van der Waals surface area contributed by atoms with Crippen LogP contribution in [-0.2, 0) is 0 Å². The van der Waals surface area contributed by atoms with Gasteiger partial charge >= 0.3 is 0 Å². The highest BCUT2D eigenvalue weighted by molar-refractivity contribution is 5.53. The molecule has 0 radical (unpaired) electrons. The van der Waals surface area contributed by atoms with Crippen LogP contribution < -0.4 is 0 Å². The van der Waals surface area contributed by atoms with Crippen LogP contribution in [0.1, 0.15) is 33.4 Å². The molecule has 0 unspecified atom stereocenters. The monoisotopic (exact) mass is 282 g/mol. The third kappa shape index (κ3) is 3.13. The topological polar surface area (TPSA) is 38.4 Å². The van der Waals surface area contributed by atoms with Crippen molar-refractivity contribution in [1.29, 1.82) is 0 Å². The Bertz CT molecular complexity index is 684. The molecule has 0 aromatic heterocycles. The smallest absolute Gasteiger partial charge is 0.250 e. The first-order valence-corrected chi connectivity index (χ1v) is 7.14. The summed E-state index contributed by atoms with van der Waals surface area (Å²) in [7, 11) is 0. The lowest BCUT2D eigenvalue weighted by Gasteiger charge is -2.09. The van der Waals surface area contributed by atoms with Crippen LogP contribution in [0.25, 0.3) is 0 Å². The summed E-state index contributed by atoms with van der Waals surface area (Å²) in [4.78, 5) is 0.759. The molecule has 0 bridgehead atoms. The number of aryl methyl sites for hydroxylation is 6. The Morgan fingerprint density at radius 1 is 0.714 bits per heavy atom. The molecule has 0 spiro atoms. The summed E-state index contributed by atoms with van der Waals surface area (Å²) in [5.74, 6) is 0. The molecular weight excluding hydrogens is 260 g/mol. The summed E-state index contributed by atoms with van der Waals surface area (Å²) in [5.41, 5.74) is 7.69. The van der Waals surface area contributed by atoms with Crippen LogP contribution in [0.3, 0.4) is 0 Å². The molecule has 0 saturated heterocycles. The second-order valence-corrected chi connectivity index (χ2v) is 5.87. The highest BCUT2D eigenvalue weighted by atomic mass is 16.5. The van der Waals surface area contributed by atoms with Crippen molar-refractivity contribution in [2.24, 2.45) is 5.11 Å². The zero-order chi connectivity index (χ0) is 15.7. The molecule has 0 fully saturated rings. The van der Waals surface area contributed by atoms with E-state index in [2.05, 4.69) is 17.2 Å². The summed E-state index contributed by atoms with van der Waals surface area (Å²) in [6, 6.07) is 8.12. The second-order valence-electron chi connectivity index (χ2n) is 5.87. The van der Waals surface area contributed by atoms with E-state index in [0.717, 1.165) is 38.4 Å². The Balaban J connectivity index is 2.58. The maximum absolute atomic E-state index is 12.5. The van der Waals surface area contributed by atoms with Crippen LogP contribution in [0.5, 0.6) is 0 Å². The summed E-state index contributed by atoms with van der Waals surface area (Å²) in [5, 5.41) is 16.8. The fourth-order valence-corrected chi connectivity index (χ4v) is 2.95. The number of benzene rings is 2. The van der Waals surface area contributed by atoms with E-state index in [-0.39, 0.29) is 0 Å². The molecule has 0 amide bonds. The highest BCUT2D eigenvalue weighted by Gasteiger charge is 2.15. The van der Waals surface area contributed by atoms with Crippen molar-refractivity contribution in [3.8, 4) is 0 Å². The molecule has 3 nitrogen and oxygen atoms in total. The van der Waals surface area contributed by atoms with Crippen LogP contribution in [0.4, 0.5) is 11.4 Å². The van der Waals surface area contributed by atoms with E-state index < -0.39 is 0 Å². The molecule has 3 heteroatoms. The van der Waals surface area contributed by atoms with Crippen LogP contribution >= 0.6 is 0 Å². The standard InChI is InChI=1S/C18H22N2O/c1-11-7-13(3)17(14(4)8-11)19-20(21)18-15(5)9-12(2)10-16(18)6/h7-10H,1-6H3. The summed E-state index contributed by atoms with van der Waals surface area (Å²) >= 11 is 0. The van der Waals surface area contributed by atoms with Gasteiger partial charge in [0.05, 0.1) is 0 Å². The van der Waals surface area contributed by atoms with Gasteiger partial charge < -0.3 is 5.21 Å². The molecule has 110 valence electrons. The van der Waals surface area contributed by atoms with Gasteiger partial charge in [-0.25, -0.2) is 0 Å². The Labute approximate surface area is 126 Å². The summed E-state index contributed by atoms with van der Waals surface area (Å²) < 4.78 is 0. The van der Waals surface area contributed by atoms with Gasteiger partial charge in [0, 0.05) is 16.2 Å². The molecule has 0 aliphatic heterocycles. The first-order valence-electron chi connectivity index (χ1n) is 7.14. The van der Waals surface area contributed by atoms with Gasteiger partial charge in [0.1, 0.15) is 5.69 Å². The Kier molecular flexibility index (Phi) is 4.12. The minimum absolute atomic E-state index is 0.639. The van der Waals surface area contributed by atoms with E-state index in [1.165, 1.54) is 5.56 Å². The average Bonchev–Trinajstić information content (AvgIpc) is 2.32. The molecule has 0 aliphatic carbocycles. The predicted octanol–water partition coefficient (Wildman–Crippen LogP) is 5.46. The van der Waals surface area contributed by atoms with Crippen molar-refractivity contribution in [3.05, 3.63) is 62.9 Å². The Morgan fingerprint density at radius 3 is 1.52 bits per heavy atom. The second kappa shape index (κ2) is 5.68. The van der Waals surface area contributed by atoms with Gasteiger partial charge in [-0.1, -0.05) is 23.3 Å². The van der Waals surface area contributed by atoms with Crippen molar-refractivity contribution >= 4 is 11.4 Å². The lowest BCUT2D eigenvalue weighted by atomic mass is 10.1. The van der Waals surface area contributed by atoms with E-state index in [9.17, 15) is 5.21 Å². The van der Waals surface area contributed by atoms with E-state index in [1.807, 2.05) is 53.7 Å². The predicted molar refractivity (Wildman–Crippen MR) is 86.7 cm³/mol. The highest BCUT2D eigenvalue weighted by Crippen LogP contribution is 2.30. The molecule has 0 N–H and O–H groups in total. The van der Waals surface area contributed by atoms with Gasteiger partial charge in [0.15, 0.2) is 0 Å². The van der Waals surface area contributed by atoms with Crippen LogP contribution in [-0.4, -0.2) is 4.86 Å². The molecule has 0 saturated carbocycles. The van der Waals surface area contributed by atoms with Crippen LogP contribution in [0.2, 0.25) is 0 Å². The Hall–Kier alpha value is -2.16. The fourth-order valence-electron chi connectivity index (χ4n) is 2.95. The minimum Gasteiger partial charge on any atom is -0.594 e. The number of azo groups is 1. The van der Waals surface area contributed by atoms with Crippen molar-refractivity contribution in [2.75, 3.05) is 0 Å². The van der Waals surface area contributed by atoms with E-state index in [4.69, 9.17) is 0 Å². The lowest BCUT2D eigenvalue weighted by Crippen LogP contribution is -1.98. The number of hydrogen-bond donors (Lipinski definition) is 0. The van der Waals surface area contributed by atoms with Crippen LogP contribution in [0.15, 0.2) is 29.4 Å². The average molecular weight is 282 g/mol. The van der Waals surface area contributed by atoms with Crippen molar-refractivity contribution in [2.45, 2.75) is 41.5 Å². The maximum atomic E-state index is 12.5. The van der Waals surface area contributed by atoms with Gasteiger partial charge in [-0.2, -0.15) is 0 Å². The largest absolute Gasteiger partial charge is 0.594 e. The molecule has 2 rings (SSSR count). The lowest BCUT2D eigenvalue weighted by molar-refractivity contribution is -0.436. The number of nitrogens with zero attached hydrogens (tertiary/aromatic N) is 2. The van der Waals surface area contributed by atoms with Gasteiger partial charge in [-0.15, -0.1) is 0 Å². The quantitative estimate of drug-likeness (QED) is 0.409. The fraction of sp³-hybridized carbons (Fsp3) is 0.333. The van der Waals surface area contributed by atoms with E-state index >= 15 is 0 Å². The molecule has 0 heterocycles. The van der Waals surface area contributed by atoms with Crippen molar-refractivity contribution in [1.82, 2.24) is 0 Å². The van der Waals surface area contributed by atoms with Crippen molar-refractivity contribution < 1.29 is 4.86 Å². The molecule has 21 heavy (non-hydrogen) atoms. The Morgan fingerprint density at radius 2 is 1.10 bits per heavy atom. The molecule has 2 aromatic rings. The minimum atomic E-state index is 0.639. The SMILES string of the molecule is Cc1cc(C)c(N=[N+]([O-])c2c(C)cc(C)cc2C)c(C)c1. The molecule has 2 aromatic carbocycles. The molecule has 0 atom stereocenters. The zero-order valence-electron chi connectivity index (χ0n) is 13.6. The van der Waals surface area contributed by atoms with E-state index in [0.29, 0.717) is 5.69 Å². The van der Waals surface area contributed by atoms with Crippen molar-refractivity contribution in [3.63, 3.8) is 0 Å². The third-order valence-corrected chi connectivity index (χ3v) is 3.65. The van der Waals surface area contributed by atoms with Crippen LogP contribution in [0, 0.1) is 46.7 Å². The van der Waals surface area contributed by atoms with Gasteiger partial charge in [0.2, 0.25) is 0 Å². The number of rotatable bonds is 2. The van der Waals surface area contributed by atoms with Gasteiger partial charge in [-0.05, 0) is 69.7 Å². The normalized spacial score (nSPS) is 11.8. The van der Waals surface area contributed by atoms with Gasteiger partial charge in [-0.3, -0.25) is 0 Å².